The van der Waals surface area contributed by atoms with E-state index >= 15 is 0 Å². The molecule has 37 heavy (non-hydrogen) atoms. The lowest BCUT2D eigenvalue weighted by Crippen LogP contribution is -2.52. The molecule has 1 unspecified atom stereocenters. The molecule has 0 aliphatic rings. The Labute approximate surface area is 226 Å². The molecule has 3 rings (SSSR count). The van der Waals surface area contributed by atoms with Crippen LogP contribution in [0.4, 0.5) is 5.69 Å². The van der Waals surface area contributed by atoms with E-state index < -0.39 is 28.5 Å². The van der Waals surface area contributed by atoms with E-state index in [0.29, 0.717) is 5.75 Å². The van der Waals surface area contributed by atoms with E-state index in [1.807, 2.05) is 54.6 Å². The van der Waals surface area contributed by atoms with E-state index in [9.17, 15) is 18.0 Å². The zero-order chi connectivity index (χ0) is 27.0. The number of benzene rings is 3. The number of hydrogen-bond acceptors (Lipinski definition) is 5. The molecule has 1 atom stereocenters. The van der Waals surface area contributed by atoms with Gasteiger partial charge in [0.2, 0.25) is 21.8 Å². The summed E-state index contributed by atoms with van der Waals surface area (Å²) >= 11 is 3.41. The highest BCUT2D eigenvalue weighted by Gasteiger charge is 2.33. The molecular formula is C27H30BrN3O5S. The van der Waals surface area contributed by atoms with E-state index in [0.717, 1.165) is 26.2 Å². The zero-order valence-electron chi connectivity index (χ0n) is 20.9. The molecule has 10 heteroatoms. The van der Waals surface area contributed by atoms with Gasteiger partial charge < -0.3 is 15.0 Å². The lowest BCUT2D eigenvalue weighted by atomic mass is 10.0. The van der Waals surface area contributed by atoms with Crippen LogP contribution in [0.5, 0.6) is 5.75 Å². The lowest BCUT2D eigenvalue weighted by molar-refractivity contribution is -0.139. The van der Waals surface area contributed by atoms with Crippen LogP contribution in [0.15, 0.2) is 83.3 Å². The van der Waals surface area contributed by atoms with Crippen molar-refractivity contribution in [3.8, 4) is 5.75 Å². The SMILES string of the molecule is CNC(=O)C(Cc1ccccc1)N(Cc1ccc(Br)cc1)C(=O)CN(c1ccccc1OC)S(C)(=O)=O. The second kappa shape index (κ2) is 12.7. The van der Waals surface area contributed by atoms with Crippen LogP contribution < -0.4 is 14.4 Å². The Balaban J connectivity index is 2.04. The van der Waals surface area contributed by atoms with Crippen molar-refractivity contribution in [1.29, 1.82) is 0 Å². The van der Waals surface area contributed by atoms with Gasteiger partial charge in [0.25, 0.3) is 0 Å². The lowest BCUT2D eigenvalue weighted by Gasteiger charge is -2.33. The molecule has 0 bridgehead atoms. The third-order valence-corrected chi connectivity index (χ3v) is 7.47. The quantitative estimate of drug-likeness (QED) is 0.370. The standard InChI is InChI=1S/C27H30BrN3O5S/c1-29-27(33)24(17-20-9-5-4-6-10-20)30(18-21-13-15-22(28)16-14-21)26(32)19-31(37(3,34)35)23-11-7-8-12-25(23)36-2/h4-16,24H,17-19H2,1-3H3,(H,29,33). The summed E-state index contributed by atoms with van der Waals surface area (Å²) in [6, 6.07) is 22.5. The molecule has 0 saturated carbocycles. The number of para-hydroxylation sites is 2. The number of likely N-dealkylation sites (N-methyl/N-ethyl adjacent to an activating group) is 1. The first kappa shape index (κ1) is 28.2. The molecule has 0 aliphatic heterocycles. The van der Waals surface area contributed by atoms with Gasteiger partial charge in [-0.25, -0.2) is 8.42 Å². The van der Waals surface area contributed by atoms with Gasteiger partial charge in [0.05, 0.1) is 19.1 Å². The predicted molar refractivity (Wildman–Crippen MR) is 148 cm³/mol. The number of carbonyl (C=O) groups excluding carboxylic acids is 2. The van der Waals surface area contributed by atoms with Crippen LogP contribution in [0.3, 0.4) is 0 Å². The number of nitrogens with one attached hydrogen (secondary N) is 1. The van der Waals surface area contributed by atoms with Crippen molar-refractivity contribution in [2.24, 2.45) is 0 Å². The third kappa shape index (κ3) is 7.56. The summed E-state index contributed by atoms with van der Waals surface area (Å²) in [5.41, 5.74) is 1.90. The highest BCUT2D eigenvalue weighted by Crippen LogP contribution is 2.30. The molecule has 0 fully saturated rings. The van der Waals surface area contributed by atoms with Crippen LogP contribution in [-0.4, -0.2) is 58.1 Å². The first-order chi connectivity index (χ1) is 17.6. The zero-order valence-corrected chi connectivity index (χ0v) is 23.3. The van der Waals surface area contributed by atoms with E-state index in [4.69, 9.17) is 4.74 Å². The Morgan fingerprint density at radius 1 is 0.946 bits per heavy atom. The molecule has 0 spiro atoms. The summed E-state index contributed by atoms with van der Waals surface area (Å²) in [5.74, 6) is -0.561. The smallest absolute Gasteiger partial charge is 0.244 e. The van der Waals surface area contributed by atoms with Crippen LogP contribution >= 0.6 is 15.9 Å². The minimum atomic E-state index is -3.87. The van der Waals surface area contributed by atoms with Gasteiger partial charge in [-0.05, 0) is 35.4 Å². The Kier molecular flexibility index (Phi) is 9.71. The largest absolute Gasteiger partial charge is 0.495 e. The average Bonchev–Trinajstić information content (AvgIpc) is 2.89. The van der Waals surface area contributed by atoms with Crippen LogP contribution in [0.25, 0.3) is 0 Å². The summed E-state index contributed by atoms with van der Waals surface area (Å²) in [7, 11) is -0.922. The van der Waals surface area contributed by atoms with Gasteiger partial charge in [-0.1, -0.05) is 70.5 Å². The highest BCUT2D eigenvalue weighted by atomic mass is 79.9. The fourth-order valence-electron chi connectivity index (χ4n) is 3.94. The first-order valence-electron chi connectivity index (χ1n) is 11.5. The van der Waals surface area contributed by atoms with E-state index in [1.54, 1.807) is 24.3 Å². The fraction of sp³-hybridized carbons (Fsp3) is 0.259. The Bertz CT molecular complexity index is 1320. The molecule has 0 aliphatic carbocycles. The van der Waals surface area contributed by atoms with E-state index in [2.05, 4.69) is 21.2 Å². The highest BCUT2D eigenvalue weighted by molar-refractivity contribution is 9.10. The first-order valence-corrected chi connectivity index (χ1v) is 14.2. The van der Waals surface area contributed by atoms with Crippen molar-refractivity contribution in [2.75, 3.05) is 31.3 Å². The van der Waals surface area contributed by atoms with Crippen LogP contribution in [0, 0.1) is 0 Å². The molecule has 0 saturated heterocycles. The van der Waals surface area contributed by atoms with Gasteiger partial charge in [0.1, 0.15) is 18.3 Å². The Morgan fingerprint density at radius 3 is 2.16 bits per heavy atom. The van der Waals surface area contributed by atoms with Gasteiger partial charge in [-0.15, -0.1) is 0 Å². The maximum Gasteiger partial charge on any atom is 0.244 e. The second-order valence-corrected chi connectivity index (χ2v) is 11.2. The van der Waals surface area contributed by atoms with E-state index in [-0.39, 0.29) is 24.6 Å². The van der Waals surface area contributed by atoms with Crippen LogP contribution in [-0.2, 0) is 32.6 Å². The summed E-state index contributed by atoms with van der Waals surface area (Å²) in [6.45, 7) is -0.390. The number of carbonyl (C=O) groups is 2. The minimum absolute atomic E-state index is 0.112. The van der Waals surface area contributed by atoms with Crippen molar-refractivity contribution < 1.29 is 22.7 Å². The van der Waals surface area contributed by atoms with Crippen molar-refractivity contribution in [1.82, 2.24) is 10.2 Å². The predicted octanol–water partition coefficient (Wildman–Crippen LogP) is 3.61. The molecule has 0 heterocycles. The molecule has 2 amide bonds. The van der Waals surface area contributed by atoms with Crippen LogP contribution in [0.2, 0.25) is 0 Å². The van der Waals surface area contributed by atoms with Crippen molar-refractivity contribution in [3.63, 3.8) is 0 Å². The number of ether oxygens (including phenoxy) is 1. The topological polar surface area (TPSA) is 96.0 Å². The fourth-order valence-corrected chi connectivity index (χ4v) is 5.06. The second-order valence-electron chi connectivity index (χ2n) is 8.41. The monoisotopic (exact) mass is 587 g/mol. The number of halogens is 1. The van der Waals surface area contributed by atoms with Crippen molar-refractivity contribution >= 4 is 43.5 Å². The summed E-state index contributed by atoms with van der Waals surface area (Å²) < 4.78 is 32.9. The minimum Gasteiger partial charge on any atom is -0.495 e. The molecule has 0 radical (unpaired) electrons. The Morgan fingerprint density at radius 2 is 1.57 bits per heavy atom. The van der Waals surface area contributed by atoms with Crippen molar-refractivity contribution in [2.45, 2.75) is 19.0 Å². The number of anilines is 1. The molecular weight excluding hydrogens is 558 g/mol. The molecule has 3 aromatic carbocycles. The number of sulfonamides is 1. The van der Waals surface area contributed by atoms with Crippen molar-refractivity contribution in [3.05, 3.63) is 94.5 Å². The molecule has 8 nitrogen and oxygen atoms in total. The van der Waals surface area contributed by atoms with Gasteiger partial charge in [-0.3, -0.25) is 13.9 Å². The summed E-state index contributed by atoms with van der Waals surface area (Å²) in [6.07, 6.45) is 1.29. The average molecular weight is 589 g/mol. The Hall–Kier alpha value is -3.37. The summed E-state index contributed by atoms with van der Waals surface area (Å²) in [5, 5.41) is 2.66. The maximum absolute atomic E-state index is 13.9. The molecule has 196 valence electrons. The number of nitrogens with zero attached hydrogens (tertiary/aromatic N) is 2. The van der Waals surface area contributed by atoms with Crippen LogP contribution in [0.1, 0.15) is 11.1 Å². The number of methoxy groups -OCH3 is 1. The molecule has 0 aromatic heterocycles. The van der Waals surface area contributed by atoms with Gasteiger partial charge in [0.15, 0.2) is 0 Å². The maximum atomic E-state index is 13.9. The summed E-state index contributed by atoms with van der Waals surface area (Å²) in [4.78, 5) is 28.4. The normalized spacial score (nSPS) is 11.9. The van der Waals surface area contributed by atoms with Gasteiger partial charge in [-0.2, -0.15) is 0 Å². The van der Waals surface area contributed by atoms with Gasteiger partial charge in [0, 0.05) is 24.5 Å². The van der Waals surface area contributed by atoms with E-state index in [1.165, 1.54) is 19.1 Å². The third-order valence-electron chi connectivity index (χ3n) is 5.82. The molecule has 1 N–H and O–H groups in total. The van der Waals surface area contributed by atoms with Gasteiger partial charge >= 0.3 is 0 Å². The number of rotatable bonds is 11. The number of amides is 2. The molecule has 3 aromatic rings. The number of hydrogen-bond donors (Lipinski definition) is 1.